The second kappa shape index (κ2) is 7.60. The molecule has 1 aromatic heterocycles. The van der Waals surface area contributed by atoms with E-state index in [0.29, 0.717) is 16.1 Å². The van der Waals surface area contributed by atoms with E-state index in [1.807, 2.05) is 32.0 Å². The maximum absolute atomic E-state index is 12.8. The highest BCUT2D eigenvalue weighted by Gasteiger charge is 2.30. The lowest BCUT2D eigenvalue weighted by atomic mass is 10.0. The monoisotopic (exact) mass is 373 g/mol. The van der Waals surface area contributed by atoms with Crippen molar-refractivity contribution < 1.29 is 19.2 Å². The number of fused-ring (bicyclic) bond motifs is 1. The van der Waals surface area contributed by atoms with Crippen LogP contribution in [-0.4, -0.2) is 32.1 Å². The minimum absolute atomic E-state index is 0.186. The largest absolute Gasteiger partial charge is 0.465 e. The van der Waals surface area contributed by atoms with Crippen LogP contribution in [0.2, 0.25) is 0 Å². The van der Waals surface area contributed by atoms with Gasteiger partial charge in [-0.1, -0.05) is 17.7 Å². The summed E-state index contributed by atoms with van der Waals surface area (Å²) in [4.78, 5) is 27.9. The number of carbonyl (C=O) groups is 2. The van der Waals surface area contributed by atoms with Crippen molar-refractivity contribution in [2.45, 2.75) is 33.7 Å². The highest BCUT2D eigenvalue weighted by atomic mass is 32.1. The Bertz CT molecular complexity index is 857. The van der Waals surface area contributed by atoms with Gasteiger partial charge in [0.25, 0.3) is 5.91 Å². The summed E-state index contributed by atoms with van der Waals surface area (Å²) in [6.45, 7) is 8.97. The van der Waals surface area contributed by atoms with Crippen LogP contribution in [0.5, 0.6) is 0 Å². The van der Waals surface area contributed by atoms with Gasteiger partial charge in [0.2, 0.25) is 0 Å². The van der Waals surface area contributed by atoms with Gasteiger partial charge in [-0.15, -0.1) is 11.3 Å². The molecule has 0 saturated heterocycles. The summed E-state index contributed by atoms with van der Waals surface area (Å²) >= 11 is 1.50. The van der Waals surface area contributed by atoms with E-state index in [2.05, 4.69) is 12.2 Å². The van der Waals surface area contributed by atoms with Crippen molar-refractivity contribution in [1.29, 1.82) is 0 Å². The van der Waals surface area contributed by atoms with Crippen molar-refractivity contribution in [2.75, 3.05) is 25.5 Å². The van der Waals surface area contributed by atoms with Gasteiger partial charge in [0.05, 0.1) is 30.6 Å². The van der Waals surface area contributed by atoms with Crippen LogP contribution in [0.3, 0.4) is 0 Å². The third kappa shape index (κ3) is 3.52. The third-order valence-corrected chi connectivity index (χ3v) is 6.13. The predicted molar refractivity (Wildman–Crippen MR) is 103 cm³/mol. The smallest absolute Gasteiger partial charge is 0.341 e. The molecule has 2 N–H and O–H groups in total. The number of nitrogens with one attached hydrogen (secondary N) is 2. The zero-order chi connectivity index (χ0) is 18.8. The third-order valence-electron chi connectivity index (χ3n) is 4.98. The number of esters is 1. The van der Waals surface area contributed by atoms with Gasteiger partial charge < -0.3 is 15.0 Å². The molecule has 138 valence electrons. The fraction of sp³-hybridized carbons (Fsp3) is 0.400. The van der Waals surface area contributed by atoms with Gasteiger partial charge in [-0.3, -0.25) is 4.79 Å². The quantitative estimate of drug-likeness (QED) is 0.809. The van der Waals surface area contributed by atoms with E-state index < -0.39 is 0 Å². The summed E-state index contributed by atoms with van der Waals surface area (Å²) in [5.74, 6) is -0.562. The first-order chi connectivity index (χ1) is 12.4. The molecule has 2 aromatic rings. The van der Waals surface area contributed by atoms with Crippen LogP contribution < -0.4 is 10.2 Å². The van der Waals surface area contributed by atoms with Crippen molar-refractivity contribution >= 4 is 28.2 Å². The standard InChI is InChI=1S/C20H24N2O3S/c1-5-22-9-8-14-16(11-22)26-19(17(14)20(24)25-4)21-18(23)15-10-12(2)6-7-13(15)3/h6-7,10H,5,8-9,11H2,1-4H3,(H,21,23)/p+1. The lowest BCUT2D eigenvalue weighted by Gasteiger charge is -2.22. The number of methoxy groups -OCH3 is 1. The molecule has 2 heterocycles. The Hall–Kier alpha value is -2.18. The zero-order valence-corrected chi connectivity index (χ0v) is 16.5. The van der Waals surface area contributed by atoms with E-state index in [0.717, 1.165) is 42.7 Å². The minimum atomic E-state index is -0.376. The highest BCUT2D eigenvalue weighted by Crippen LogP contribution is 2.35. The lowest BCUT2D eigenvalue weighted by Crippen LogP contribution is -3.11. The van der Waals surface area contributed by atoms with Crippen LogP contribution in [0.1, 0.15) is 49.2 Å². The Morgan fingerprint density at radius 2 is 2.08 bits per heavy atom. The number of aryl methyl sites for hydroxylation is 2. The summed E-state index contributed by atoms with van der Waals surface area (Å²) in [7, 11) is 1.38. The van der Waals surface area contributed by atoms with Crippen molar-refractivity contribution in [3.05, 3.63) is 50.9 Å². The maximum atomic E-state index is 12.8. The van der Waals surface area contributed by atoms with E-state index in [1.54, 1.807) is 0 Å². The van der Waals surface area contributed by atoms with E-state index in [1.165, 1.54) is 28.2 Å². The molecule has 0 bridgehead atoms. The molecule has 5 nitrogen and oxygen atoms in total. The molecule has 1 aromatic carbocycles. The van der Waals surface area contributed by atoms with Crippen LogP contribution >= 0.6 is 11.3 Å². The lowest BCUT2D eigenvalue weighted by molar-refractivity contribution is -0.913. The Kier molecular flexibility index (Phi) is 5.44. The Morgan fingerprint density at radius 3 is 2.77 bits per heavy atom. The number of thiophene rings is 1. The van der Waals surface area contributed by atoms with Crippen molar-refractivity contribution in [3.63, 3.8) is 0 Å². The summed E-state index contributed by atoms with van der Waals surface area (Å²) in [5, 5.41) is 3.57. The average Bonchev–Trinajstić information content (AvgIpc) is 2.99. The van der Waals surface area contributed by atoms with Gasteiger partial charge in [0.15, 0.2) is 0 Å². The van der Waals surface area contributed by atoms with E-state index in [-0.39, 0.29) is 11.9 Å². The first kappa shape index (κ1) is 18.6. The normalized spacial score (nSPS) is 16.1. The number of amides is 1. The zero-order valence-electron chi connectivity index (χ0n) is 15.7. The predicted octanol–water partition coefficient (Wildman–Crippen LogP) is 2.36. The maximum Gasteiger partial charge on any atom is 0.341 e. The Morgan fingerprint density at radius 1 is 1.31 bits per heavy atom. The highest BCUT2D eigenvalue weighted by molar-refractivity contribution is 7.17. The average molecular weight is 373 g/mol. The minimum Gasteiger partial charge on any atom is -0.465 e. The topological polar surface area (TPSA) is 59.8 Å². The molecule has 1 atom stereocenters. The number of hydrogen-bond acceptors (Lipinski definition) is 4. The fourth-order valence-electron chi connectivity index (χ4n) is 3.40. The van der Waals surface area contributed by atoms with Gasteiger partial charge in [-0.25, -0.2) is 4.79 Å². The number of hydrogen-bond donors (Lipinski definition) is 2. The van der Waals surface area contributed by atoms with Crippen LogP contribution in [0.25, 0.3) is 0 Å². The molecule has 0 fully saturated rings. The molecule has 1 unspecified atom stereocenters. The first-order valence-electron chi connectivity index (χ1n) is 8.89. The van der Waals surface area contributed by atoms with Gasteiger partial charge in [0.1, 0.15) is 11.5 Å². The molecule has 0 aliphatic carbocycles. The van der Waals surface area contributed by atoms with Crippen LogP contribution in [0, 0.1) is 13.8 Å². The van der Waals surface area contributed by atoms with Crippen molar-refractivity contribution in [3.8, 4) is 0 Å². The number of carbonyl (C=O) groups excluding carboxylic acids is 2. The number of ether oxygens (including phenoxy) is 1. The Labute approximate surface area is 158 Å². The molecule has 1 aliphatic rings. The summed E-state index contributed by atoms with van der Waals surface area (Å²) in [5.41, 5.74) is 4.14. The summed E-state index contributed by atoms with van der Waals surface area (Å²) in [6.07, 6.45) is 0.832. The molecule has 26 heavy (non-hydrogen) atoms. The molecule has 0 saturated carbocycles. The summed E-state index contributed by atoms with van der Waals surface area (Å²) < 4.78 is 4.99. The molecular weight excluding hydrogens is 348 g/mol. The van der Waals surface area contributed by atoms with Gasteiger partial charge >= 0.3 is 5.97 Å². The Balaban J connectivity index is 1.96. The fourth-order valence-corrected chi connectivity index (χ4v) is 4.70. The second-order valence-corrected chi connectivity index (χ2v) is 7.86. The number of quaternary nitrogens is 1. The second-order valence-electron chi connectivity index (χ2n) is 6.75. The number of likely N-dealkylation sites (N-methyl/N-ethyl adjacent to an activating group) is 1. The van der Waals surface area contributed by atoms with E-state index in [9.17, 15) is 9.59 Å². The van der Waals surface area contributed by atoms with E-state index >= 15 is 0 Å². The van der Waals surface area contributed by atoms with Crippen LogP contribution in [0.15, 0.2) is 18.2 Å². The first-order valence-corrected chi connectivity index (χ1v) is 9.71. The van der Waals surface area contributed by atoms with Gasteiger partial charge in [-0.05, 0) is 38.0 Å². The molecule has 1 amide bonds. The van der Waals surface area contributed by atoms with Gasteiger partial charge in [0, 0.05) is 12.0 Å². The molecule has 6 heteroatoms. The molecule has 0 radical (unpaired) electrons. The van der Waals surface area contributed by atoms with Gasteiger partial charge in [-0.2, -0.15) is 0 Å². The molecule has 3 rings (SSSR count). The van der Waals surface area contributed by atoms with Crippen molar-refractivity contribution in [1.82, 2.24) is 0 Å². The number of rotatable bonds is 4. The van der Waals surface area contributed by atoms with Crippen LogP contribution in [0.4, 0.5) is 5.00 Å². The summed E-state index contributed by atoms with van der Waals surface area (Å²) in [6, 6.07) is 5.80. The van der Waals surface area contributed by atoms with Crippen LogP contribution in [-0.2, 0) is 17.7 Å². The SMILES string of the molecule is CC[NH+]1CCc2c(sc(NC(=O)c3cc(C)ccc3C)c2C(=O)OC)C1. The van der Waals surface area contributed by atoms with Crippen molar-refractivity contribution in [2.24, 2.45) is 0 Å². The van der Waals surface area contributed by atoms with E-state index in [4.69, 9.17) is 4.74 Å². The molecular formula is C20H25N2O3S+. The number of benzene rings is 1. The number of anilines is 1. The molecule has 1 aliphatic heterocycles. The molecule has 0 spiro atoms.